The zero-order chi connectivity index (χ0) is 8.08. The van der Waals surface area contributed by atoms with Crippen LogP contribution in [0, 0.1) is 0 Å². The van der Waals surface area contributed by atoms with Crippen molar-refractivity contribution in [2.45, 2.75) is 20.0 Å². The SMILES string of the molecule is CC(C)O.[F][Zr]([F])([F])[F]. The average molecular weight is 227 g/mol. The van der Waals surface area contributed by atoms with E-state index in [1.54, 1.807) is 13.8 Å². The first kappa shape index (κ1) is 12.3. The third-order valence-electron chi connectivity index (χ3n) is 0. The zero-order valence-corrected chi connectivity index (χ0v) is 7.49. The summed E-state index contributed by atoms with van der Waals surface area (Å²) in [7, 11) is 0. The van der Waals surface area contributed by atoms with Gasteiger partial charge in [0.1, 0.15) is 0 Å². The molecule has 0 radical (unpaired) electrons. The Morgan fingerprint density at radius 2 is 1.11 bits per heavy atom. The van der Waals surface area contributed by atoms with Crippen molar-refractivity contribution in [3.8, 4) is 0 Å². The van der Waals surface area contributed by atoms with Gasteiger partial charge in [-0.15, -0.1) is 0 Å². The molecule has 9 heavy (non-hydrogen) atoms. The van der Waals surface area contributed by atoms with Crippen LogP contribution in [0.3, 0.4) is 0 Å². The number of hydrogen-bond acceptors (Lipinski definition) is 1. The molecule has 58 valence electrons. The molecule has 0 spiro atoms. The van der Waals surface area contributed by atoms with Crippen LogP contribution in [-0.4, -0.2) is 11.2 Å². The van der Waals surface area contributed by atoms with E-state index in [2.05, 4.69) is 0 Å². The van der Waals surface area contributed by atoms with E-state index >= 15 is 0 Å². The van der Waals surface area contributed by atoms with Gasteiger partial charge in [0.05, 0.1) is 0 Å². The molecule has 0 amide bonds. The minimum absolute atomic E-state index is 0.167. The van der Waals surface area contributed by atoms with Gasteiger partial charge >= 0.3 is 33.2 Å². The fourth-order valence-corrected chi connectivity index (χ4v) is 0. The second-order valence-corrected chi connectivity index (χ2v) is 3.63. The summed E-state index contributed by atoms with van der Waals surface area (Å²) in [6, 6.07) is 0. The van der Waals surface area contributed by atoms with E-state index in [9.17, 15) is 10.5 Å². The first-order chi connectivity index (χ1) is 3.73. The molecule has 0 aromatic carbocycles. The maximum atomic E-state index is 9.90. The van der Waals surface area contributed by atoms with Crippen LogP contribution in [0.5, 0.6) is 0 Å². The Hall–Kier alpha value is 0.563. The molecule has 0 rings (SSSR count). The van der Waals surface area contributed by atoms with Crippen LogP contribution in [0.4, 0.5) is 10.5 Å². The van der Waals surface area contributed by atoms with E-state index < -0.39 is 22.7 Å². The van der Waals surface area contributed by atoms with Gasteiger partial charge in [-0.3, -0.25) is 0 Å². The molecule has 0 heterocycles. The van der Waals surface area contributed by atoms with E-state index in [0.29, 0.717) is 0 Å². The van der Waals surface area contributed by atoms with Gasteiger partial charge in [-0.05, 0) is 13.8 Å². The molecule has 1 nitrogen and oxygen atoms in total. The molecule has 1 N–H and O–H groups in total. The standard InChI is InChI=1S/C3H8O.4FH.Zr/c1-3(2)4;;;;;/h3-4H,1-2H3;4*1H;/q;;;;;+4/p-4. The van der Waals surface area contributed by atoms with Gasteiger partial charge in [0.15, 0.2) is 0 Å². The van der Waals surface area contributed by atoms with Gasteiger partial charge in [-0.25, -0.2) is 0 Å². The van der Waals surface area contributed by atoms with Crippen LogP contribution >= 0.6 is 0 Å². The summed E-state index contributed by atoms with van der Waals surface area (Å²) in [5.74, 6) is 0. The minimum atomic E-state index is -7.18. The number of hydrogen-bond donors (Lipinski definition) is 1. The van der Waals surface area contributed by atoms with Crippen LogP contribution < -0.4 is 0 Å². The van der Waals surface area contributed by atoms with Gasteiger partial charge < -0.3 is 5.11 Å². The fourth-order valence-electron chi connectivity index (χ4n) is 0. The van der Waals surface area contributed by atoms with Crippen LogP contribution in [0.1, 0.15) is 13.8 Å². The van der Waals surface area contributed by atoms with Crippen molar-refractivity contribution in [2.75, 3.05) is 0 Å². The first-order valence-electron chi connectivity index (χ1n) is 2.17. The third kappa shape index (κ3) is 1160. The molecule has 0 aliphatic heterocycles. The summed E-state index contributed by atoms with van der Waals surface area (Å²) in [4.78, 5) is 0. The quantitative estimate of drug-likeness (QED) is 0.628. The van der Waals surface area contributed by atoms with Gasteiger partial charge in [0.2, 0.25) is 0 Å². The van der Waals surface area contributed by atoms with Gasteiger partial charge in [0, 0.05) is 6.10 Å². The predicted octanol–water partition coefficient (Wildman–Crippen LogP) is 2.07. The molecule has 0 fully saturated rings. The summed E-state index contributed by atoms with van der Waals surface area (Å²) in [5, 5.41) is 8.06. The summed E-state index contributed by atoms with van der Waals surface area (Å²) < 4.78 is 39.6. The number of rotatable bonds is 0. The normalized spacial score (nSPS) is 10.7. The van der Waals surface area contributed by atoms with E-state index in [0.717, 1.165) is 0 Å². The average Bonchev–Trinajstić information content (AvgIpc) is 1.19. The van der Waals surface area contributed by atoms with Crippen molar-refractivity contribution < 1.29 is 38.3 Å². The van der Waals surface area contributed by atoms with Crippen LogP contribution in [0.25, 0.3) is 0 Å². The first-order valence-corrected chi connectivity index (χ1v) is 5.89. The molecule has 0 saturated carbocycles. The number of halogens is 4. The molecule has 6 heteroatoms. The molecule has 0 bridgehead atoms. The second-order valence-electron chi connectivity index (χ2n) is 1.52. The van der Waals surface area contributed by atoms with Gasteiger partial charge in [0.25, 0.3) is 0 Å². The molecular formula is C3H8F4OZr. The molecule has 0 aliphatic carbocycles. The number of aliphatic hydroxyl groups is 1. The molecule has 0 atom stereocenters. The van der Waals surface area contributed by atoms with E-state index in [4.69, 9.17) is 5.11 Å². The van der Waals surface area contributed by atoms with E-state index in [1.165, 1.54) is 0 Å². The van der Waals surface area contributed by atoms with E-state index in [1.807, 2.05) is 0 Å². The Labute approximate surface area is 58.6 Å². The fraction of sp³-hybridized carbons (Fsp3) is 1.00. The third-order valence-corrected chi connectivity index (χ3v) is 0. The molecule has 0 saturated heterocycles. The molecule has 0 aromatic rings. The van der Waals surface area contributed by atoms with Crippen LogP contribution in [0.15, 0.2) is 0 Å². The summed E-state index contributed by atoms with van der Waals surface area (Å²) >= 11 is -7.18. The topological polar surface area (TPSA) is 20.2 Å². The Kier molecular flexibility index (Phi) is 7.30. The van der Waals surface area contributed by atoms with Crippen molar-refractivity contribution >= 4 is 0 Å². The van der Waals surface area contributed by atoms with Crippen molar-refractivity contribution in [3.63, 3.8) is 0 Å². The van der Waals surface area contributed by atoms with Gasteiger partial charge in [-0.1, -0.05) is 0 Å². The maximum absolute atomic E-state index is 9.90. The van der Waals surface area contributed by atoms with Crippen molar-refractivity contribution in [2.24, 2.45) is 0 Å². The van der Waals surface area contributed by atoms with Gasteiger partial charge in [-0.2, -0.15) is 0 Å². The summed E-state index contributed by atoms with van der Waals surface area (Å²) in [5.41, 5.74) is 0. The molecule has 0 aliphatic rings. The molecular weight excluding hydrogens is 219 g/mol. The molecule has 0 aromatic heterocycles. The monoisotopic (exact) mass is 226 g/mol. The summed E-state index contributed by atoms with van der Waals surface area (Å²) in [6.07, 6.45) is -0.167. The van der Waals surface area contributed by atoms with Crippen LogP contribution in [0.2, 0.25) is 0 Å². The zero-order valence-electron chi connectivity index (χ0n) is 5.04. The Morgan fingerprint density at radius 3 is 1.11 bits per heavy atom. The molecule has 0 unspecified atom stereocenters. The summed E-state index contributed by atoms with van der Waals surface area (Å²) in [6.45, 7) is 3.44. The van der Waals surface area contributed by atoms with Crippen molar-refractivity contribution in [1.29, 1.82) is 0 Å². The van der Waals surface area contributed by atoms with Crippen LogP contribution in [-0.2, 0) is 22.7 Å². The Balaban J connectivity index is 0. The van der Waals surface area contributed by atoms with E-state index in [-0.39, 0.29) is 6.10 Å². The Bertz CT molecular complexity index is 52.6. The number of aliphatic hydroxyl groups excluding tert-OH is 1. The van der Waals surface area contributed by atoms with Crippen molar-refractivity contribution in [3.05, 3.63) is 0 Å². The second kappa shape index (κ2) is 5.36. The van der Waals surface area contributed by atoms with Crippen molar-refractivity contribution in [1.82, 2.24) is 0 Å². The predicted molar refractivity (Wildman–Crippen MR) is 21.8 cm³/mol. The Morgan fingerprint density at radius 1 is 1.11 bits per heavy atom.